The topological polar surface area (TPSA) is 41.1 Å². The highest BCUT2D eigenvalue weighted by Gasteiger charge is 2.31. The normalized spacial score (nSPS) is 32.0. The van der Waals surface area contributed by atoms with Crippen molar-refractivity contribution in [3.63, 3.8) is 0 Å². The highest BCUT2D eigenvalue weighted by atomic mass is 16.2. The van der Waals surface area contributed by atoms with E-state index in [9.17, 15) is 4.79 Å². The van der Waals surface area contributed by atoms with Crippen molar-refractivity contribution in [2.75, 3.05) is 0 Å². The predicted molar refractivity (Wildman–Crippen MR) is 86.2 cm³/mol. The van der Waals surface area contributed by atoms with Crippen molar-refractivity contribution < 1.29 is 4.79 Å². The molecule has 3 nitrogen and oxygen atoms in total. The Balaban J connectivity index is 1.42. The average Bonchev–Trinajstić information content (AvgIpc) is 3.02. The van der Waals surface area contributed by atoms with Crippen LogP contribution < -0.4 is 10.6 Å². The minimum absolute atomic E-state index is 0.0963. The summed E-state index contributed by atoms with van der Waals surface area (Å²) >= 11 is 0. The van der Waals surface area contributed by atoms with Gasteiger partial charge >= 0.3 is 6.03 Å². The van der Waals surface area contributed by atoms with Crippen LogP contribution in [0.5, 0.6) is 0 Å². The lowest BCUT2D eigenvalue weighted by Gasteiger charge is -2.34. The van der Waals surface area contributed by atoms with Gasteiger partial charge in [0.05, 0.1) is 0 Å². The molecule has 120 valence electrons. The molecule has 21 heavy (non-hydrogen) atoms. The molecule has 0 radical (unpaired) electrons. The van der Waals surface area contributed by atoms with Gasteiger partial charge in [-0.25, -0.2) is 4.79 Å². The first kappa shape index (κ1) is 15.2. The van der Waals surface area contributed by atoms with Crippen LogP contribution in [0.3, 0.4) is 0 Å². The minimum Gasteiger partial charge on any atom is -0.335 e. The van der Waals surface area contributed by atoms with E-state index < -0.39 is 0 Å². The molecule has 2 N–H and O–H groups in total. The largest absolute Gasteiger partial charge is 0.335 e. The number of amides is 2. The number of nitrogens with one attached hydrogen (secondary N) is 2. The molecule has 2 atom stereocenters. The average molecular weight is 292 g/mol. The van der Waals surface area contributed by atoms with Crippen LogP contribution in [0.15, 0.2) is 0 Å². The second-order valence-corrected chi connectivity index (χ2v) is 7.62. The van der Waals surface area contributed by atoms with Gasteiger partial charge in [-0.1, -0.05) is 57.8 Å². The molecular formula is C18H32N2O. The fourth-order valence-corrected chi connectivity index (χ4v) is 4.88. The van der Waals surface area contributed by atoms with Gasteiger partial charge in [-0.05, 0) is 37.5 Å². The van der Waals surface area contributed by atoms with Crippen molar-refractivity contribution in [3.05, 3.63) is 0 Å². The van der Waals surface area contributed by atoms with Gasteiger partial charge in [0.1, 0.15) is 0 Å². The molecular weight excluding hydrogens is 260 g/mol. The molecule has 3 rings (SSSR count). The predicted octanol–water partition coefficient (Wildman–Crippen LogP) is 4.37. The van der Waals surface area contributed by atoms with Crippen LogP contribution in [0.25, 0.3) is 0 Å². The van der Waals surface area contributed by atoms with Crippen molar-refractivity contribution >= 4 is 6.03 Å². The van der Waals surface area contributed by atoms with E-state index in [0.717, 1.165) is 11.8 Å². The summed E-state index contributed by atoms with van der Waals surface area (Å²) in [4.78, 5) is 12.2. The van der Waals surface area contributed by atoms with Gasteiger partial charge in [0.15, 0.2) is 0 Å². The van der Waals surface area contributed by atoms with Crippen LogP contribution in [0.1, 0.15) is 83.5 Å². The van der Waals surface area contributed by atoms with E-state index in [0.29, 0.717) is 12.1 Å². The van der Waals surface area contributed by atoms with E-state index in [1.807, 2.05) is 0 Å². The third-order valence-corrected chi connectivity index (χ3v) is 6.06. The Bertz CT molecular complexity index is 332. The number of carbonyl (C=O) groups is 1. The second-order valence-electron chi connectivity index (χ2n) is 7.62. The van der Waals surface area contributed by atoms with E-state index in [2.05, 4.69) is 10.6 Å². The Labute approximate surface area is 129 Å². The Morgan fingerprint density at radius 3 is 1.95 bits per heavy atom. The second kappa shape index (κ2) is 7.51. The zero-order valence-electron chi connectivity index (χ0n) is 13.4. The molecule has 0 aromatic rings. The number of urea groups is 1. The Morgan fingerprint density at radius 1 is 0.619 bits per heavy atom. The van der Waals surface area contributed by atoms with Crippen LogP contribution in [-0.2, 0) is 0 Å². The van der Waals surface area contributed by atoms with Crippen LogP contribution in [0, 0.1) is 11.8 Å². The standard InChI is InChI=1S/C18H32N2O/c21-18(19-16-10-2-1-3-11-16)20-17-12-6-9-15(13-17)14-7-4-5-8-14/h14-17H,1-13H2,(H2,19,20,21). The van der Waals surface area contributed by atoms with E-state index >= 15 is 0 Å². The van der Waals surface area contributed by atoms with Crippen LogP contribution in [0.2, 0.25) is 0 Å². The fourth-order valence-electron chi connectivity index (χ4n) is 4.88. The molecule has 0 aliphatic heterocycles. The smallest absolute Gasteiger partial charge is 0.315 e. The van der Waals surface area contributed by atoms with E-state index in [4.69, 9.17) is 0 Å². The van der Waals surface area contributed by atoms with Crippen molar-refractivity contribution in [1.29, 1.82) is 0 Å². The van der Waals surface area contributed by atoms with E-state index in [1.165, 1.54) is 83.5 Å². The Morgan fingerprint density at radius 2 is 1.19 bits per heavy atom. The summed E-state index contributed by atoms with van der Waals surface area (Å²) in [5.74, 6) is 1.83. The van der Waals surface area contributed by atoms with Crippen LogP contribution >= 0.6 is 0 Å². The van der Waals surface area contributed by atoms with Gasteiger partial charge in [0, 0.05) is 12.1 Å². The van der Waals surface area contributed by atoms with Crippen LogP contribution in [0.4, 0.5) is 4.79 Å². The van der Waals surface area contributed by atoms with Gasteiger partial charge < -0.3 is 10.6 Å². The summed E-state index contributed by atoms with van der Waals surface area (Å²) in [6, 6.07) is 0.944. The maximum absolute atomic E-state index is 12.2. The molecule has 0 saturated heterocycles. The number of hydrogen-bond donors (Lipinski definition) is 2. The number of rotatable bonds is 3. The highest BCUT2D eigenvalue weighted by Crippen LogP contribution is 2.39. The van der Waals surface area contributed by atoms with Crippen LogP contribution in [-0.4, -0.2) is 18.1 Å². The molecule has 0 heterocycles. The highest BCUT2D eigenvalue weighted by molar-refractivity contribution is 5.74. The molecule has 2 unspecified atom stereocenters. The summed E-state index contributed by atoms with van der Waals surface area (Å²) in [5, 5.41) is 6.47. The lowest BCUT2D eigenvalue weighted by Crippen LogP contribution is -2.48. The summed E-state index contributed by atoms with van der Waals surface area (Å²) < 4.78 is 0. The molecule has 0 aromatic carbocycles. The number of hydrogen-bond acceptors (Lipinski definition) is 1. The molecule has 3 saturated carbocycles. The molecule has 3 aliphatic rings. The van der Waals surface area contributed by atoms with Gasteiger partial charge in [-0.3, -0.25) is 0 Å². The lowest BCUT2D eigenvalue weighted by atomic mass is 9.77. The van der Waals surface area contributed by atoms with Gasteiger partial charge in [-0.15, -0.1) is 0 Å². The minimum atomic E-state index is 0.0963. The van der Waals surface area contributed by atoms with Crippen molar-refractivity contribution in [2.24, 2.45) is 11.8 Å². The first-order valence-electron chi connectivity index (χ1n) is 9.38. The summed E-state index contributed by atoms with van der Waals surface area (Å²) in [7, 11) is 0. The third-order valence-electron chi connectivity index (χ3n) is 6.06. The van der Waals surface area contributed by atoms with Gasteiger partial charge in [0.2, 0.25) is 0 Å². The Kier molecular flexibility index (Phi) is 5.43. The van der Waals surface area contributed by atoms with Crippen molar-refractivity contribution in [2.45, 2.75) is 95.6 Å². The van der Waals surface area contributed by atoms with Gasteiger partial charge in [-0.2, -0.15) is 0 Å². The monoisotopic (exact) mass is 292 g/mol. The SMILES string of the molecule is O=C(NC1CCCCC1)NC1CCCC(C2CCCC2)C1. The molecule has 0 spiro atoms. The Hall–Kier alpha value is -0.730. The molecule has 3 fully saturated rings. The molecule has 2 amide bonds. The van der Waals surface area contributed by atoms with E-state index in [-0.39, 0.29) is 6.03 Å². The first-order chi connectivity index (χ1) is 10.3. The molecule has 3 aliphatic carbocycles. The summed E-state index contributed by atoms with van der Waals surface area (Å²) in [6.45, 7) is 0. The summed E-state index contributed by atoms with van der Waals surface area (Å²) in [6.07, 6.45) is 17.1. The van der Waals surface area contributed by atoms with Crippen molar-refractivity contribution in [1.82, 2.24) is 10.6 Å². The number of carbonyl (C=O) groups excluding carboxylic acids is 1. The lowest BCUT2D eigenvalue weighted by molar-refractivity contribution is 0.198. The third kappa shape index (κ3) is 4.37. The maximum Gasteiger partial charge on any atom is 0.315 e. The first-order valence-corrected chi connectivity index (χ1v) is 9.38. The molecule has 0 aromatic heterocycles. The zero-order chi connectivity index (χ0) is 14.5. The van der Waals surface area contributed by atoms with E-state index in [1.54, 1.807) is 0 Å². The van der Waals surface area contributed by atoms with Gasteiger partial charge in [0.25, 0.3) is 0 Å². The molecule has 3 heteroatoms. The fraction of sp³-hybridized carbons (Fsp3) is 0.944. The quantitative estimate of drug-likeness (QED) is 0.797. The maximum atomic E-state index is 12.2. The zero-order valence-corrected chi connectivity index (χ0v) is 13.4. The summed E-state index contributed by atoms with van der Waals surface area (Å²) in [5.41, 5.74) is 0. The molecule has 0 bridgehead atoms. The van der Waals surface area contributed by atoms with Crippen molar-refractivity contribution in [3.8, 4) is 0 Å².